The number of amides is 1. The molecule has 146 valence electrons. The third-order valence-electron chi connectivity index (χ3n) is 3.47. The SMILES string of the molecule is C/C(CCCO)=N/NC(=O)c1ccc(COc2cccc(C(F)(F)F)c2)o1. The molecule has 9 heteroatoms. The topological polar surface area (TPSA) is 84.1 Å². The van der Waals surface area contributed by atoms with Crippen molar-refractivity contribution in [3.63, 3.8) is 0 Å². The highest BCUT2D eigenvalue weighted by Gasteiger charge is 2.30. The lowest BCUT2D eigenvalue weighted by Gasteiger charge is -2.09. The fourth-order valence-electron chi connectivity index (χ4n) is 2.09. The Morgan fingerprint density at radius 2 is 2.07 bits per heavy atom. The van der Waals surface area contributed by atoms with Gasteiger partial charge in [0.2, 0.25) is 0 Å². The minimum Gasteiger partial charge on any atom is -0.486 e. The molecule has 0 radical (unpaired) electrons. The van der Waals surface area contributed by atoms with E-state index in [4.69, 9.17) is 14.3 Å². The molecule has 0 atom stereocenters. The molecule has 27 heavy (non-hydrogen) atoms. The van der Waals surface area contributed by atoms with Gasteiger partial charge in [0.05, 0.1) is 5.56 Å². The molecule has 0 unspecified atom stereocenters. The summed E-state index contributed by atoms with van der Waals surface area (Å²) in [6.07, 6.45) is -3.36. The first kappa shape index (κ1) is 20.5. The minimum absolute atomic E-state index is 0.00338. The summed E-state index contributed by atoms with van der Waals surface area (Å²) in [5.74, 6) is -0.255. The first-order valence-electron chi connectivity index (χ1n) is 8.12. The molecule has 0 saturated carbocycles. The number of alkyl halides is 3. The molecule has 0 aliphatic carbocycles. The van der Waals surface area contributed by atoms with Gasteiger partial charge in [-0.3, -0.25) is 4.79 Å². The van der Waals surface area contributed by atoms with E-state index < -0.39 is 17.6 Å². The number of aliphatic hydroxyl groups is 1. The molecule has 6 nitrogen and oxygen atoms in total. The van der Waals surface area contributed by atoms with Crippen molar-refractivity contribution in [3.05, 3.63) is 53.5 Å². The fraction of sp³-hybridized carbons (Fsp3) is 0.333. The molecule has 1 aromatic carbocycles. The van der Waals surface area contributed by atoms with Gasteiger partial charge in [0, 0.05) is 12.3 Å². The standard InChI is InChI=1S/C18H19F3N2O4/c1-12(4-3-9-24)22-23-17(25)16-8-7-15(27-16)11-26-14-6-2-5-13(10-14)18(19,20)21/h2,5-8,10,24H,3-4,9,11H2,1H3,(H,23,25)/b22-12-. The molecule has 0 bridgehead atoms. The smallest absolute Gasteiger partial charge is 0.416 e. The van der Waals surface area contributed by atoms with Crippen LogP contribution >= 0.6 is 0 Å². The number of ether oxygens (including phenoxy) is 1. The van der Waals surface area contributed by atoms with E-state index in [1.54, 1.807) is 6.92 Å². The second-order valence-electron chi connectivity index (χ2n) is 5.70. The van der Waals surface area contributed by atoms with Crippen LogP contribution in [0.3, 0.4) is 0 Å². The first-order valence-corrected chi connectivity index (χ1v) is 8.12. The Balaban J connectivity index is 1.91. The number of carbonyl (C=O) groups is 1. The maximum atomic E-state index is 12.7. The Kier molecular flexibility index (Phi) is 7.00. The van der Waals surface area contributed by atoms with Gasteiger partial charge in [0.15, 0.2) is 5.76 Å². The summed E-state index contributed by atoms with van der Waals surface area (Å²) in [5, 5.41) is 12.6. The lowest BCUT2D eigenvalue weighted by atomic mass is 10.2. The van der Waals surface area contributed by atoms with Crippen LogP contribution in [0.25, 0.3) is 0 Å². The highest BCUT2D eigenvalue weighted by atomic mass is 19.4. The summed E-state index contributed by atoms with van der Waals surface area (Å²) < 4.78 is 48.6. The third kappa shape index (κ3) is 6.45. The molecular weight excluding hydrogens is 365 g/mol. The number of rotatable bonds is 8. The van der Waals surface area contributed by atoms with Crippen molar-refractivity contribution in [1.29, 1.82) is 0 Å². The molecule has 0 aliphatic heterocycles. The zero-order chi connectivity index (χ0) is 19.9. The normalized spacial score (nSPS) is 12.1. The van der Waals surface area contributed by atoms with Gasteiger partial charge < -0.3 is 14.3 Å². The molecule has 2 aromatic rings. The number of hydrogen-bond acceptors (Lipinski definition) is 5. The summed E-state index contributed by atoms with van der Waals surface area (Å²) >= 11 is 0. The molecule has 2 rings (SSSR count). The summed E-state index contributed by atoms with van der Waals surface area (Å²) in [5.41, 5.74) is 2.17. The van der Waals surface area contributed by atoms with Crippen molar-refractivity contribution < 1.29 is 32.2 Å². The lowest BCUT2D eigenvalue weighted by Crippen LogP contribution is -2.18. The van der Waals surface area contributed by atoms with Crippen LogP contribution in [-0.2, 0) is 12.8 Å². The quantitative estimate of drug-likeness (QED) is 0.536. The molecule has 1 aromatic heterocycles. The van der Waals surface area contributed by atoms with Crippen molar-refractivity contribution >= 4 is 11.6 Å². The Bertz CT molecular complexity index is 800. The fourth-order valence-corrected chi connectivity index (χ4v) is 2.09. The molecular formula is C18H19F3N2O4. The van der Waals surface area contributed by atoms with Gasteiger partial charge in [-0.25, -0.2) is 5.43 Å². The zero-order valence-electron chi connectivity index (χ0n) is 14.5. The van der Waals surface area contributed by atoms with Gasteiger partial charge in [-0.1, -0.05) is 6.07 Å². The Morgan fingerprint density at radius 1 is 1.30 bits per heavy atom. The van der Waals surface area contributed by atoms with Crippen molar-refractivity contribution in [2.45, 2.75) is 32.5 Å². The van der Waals surface area contributed by atoms with Crippen LogP contribution in [0.15, 0.2) is 45.9 Å². The molecule has 0 saturated heterocycles. The number of benzene rings is 1. The third-order valence-corrected chi connectivity index (χ3v) is 3.47. The lowest BCUT2D eigenvalue weighted by molar-refractivity contribution is -0.137. The number of aliphatic hydroxyl groups excluding tert-OH is 1. The number of nitrogens with zero attached hydrogens (tertiary/aromatic N) is 1. The van der Waals surface area contributed by atoms with Crippen LogP contribution in [0.1, 0.15) is 41.6 Å². The first-order chi connectivity index (χ1) is 12.8. The second kappa shape index (κ2) is 9.22. The van der Waals surface area contributed by atoms with Crippen LogP contribution in [0.4, 0.5) is 13.2 Å². The highest BCUT2D eigenvalue weighted by molar-refractivity contribution is 5.92. The van der Waals surface area contributed by atoms with E-state index in [1.807, 2.05) is 0 Å². The summed E-state index contributed by atoms with van der Waals surface area (Å²) in [7, 11) is 0. The molecule has 1 amide bonds. The maximum Gasteiger partial charge on any atom is 0.416 e. The van der Waals surface area contributed by atoms with E-state index in [9.17, 15) is 18.0 Å². The van der Waals surface area contributed by atoms with E-state index in [-0.39, 0.29) is 30.5 Å². The van der Waals surface area contributed by atoms with Crippen molar-refractivity contribution in [2.75, 3.05) is 6.61 Å². The van der Waals surface area contributed by atoms with E-state index in [0.29, 0.717) is 18.6 Å². The number of carbonyl (C=O) groups excluding carboxylic acids is 1. The number of hydrogen-bond donors (Lipinski definition) is 2. The largest absolute Gasteiger partial charge is 0.486 e. The average Bonchev–Trinajstić information content (AvgIpc) is 3.11. The molecule has 0 spiro atoms. The van der Waals surface area contributed by atoms with Crippen molar-refractivity contribution in [1.82, 2.24) is 5.43 Å². The van der Waals surface area contributed by atoms with E-state index in [0.717, 1.165) is 12.1 Å². The van der Waals surface area contributed by atoms with Gasteiger partial charge in [-0.05, 0) is 50.1 Å². The van der Waals surface area contributed by atoms with Crippen molar-refractivity contribution in [2.24, 2.45) is 5.10 Å². The predicted octanol–water partition coefficient (Wildman–Crippen LogP) is 3.76. The van der Waals surface area contributed by atoms with Gasteiger partial charge >= 0.3 is 12.1 Å². The zero-order valence-corrected chi connectivity index (χ0v) is 14.5. The van der Waals surface area contributed by atoms with Crippen LogP contribution in [0, 0.1) is 0 Å². The van der Waals surface area contributed by atoms with Crippen LogP contribution in [-0.4, -0.2) is 23.3 Å². The summed E-state index contributed by atoms with van der Waals surface area (Å²) in [6.45, 7) is 1.62. The van der Waals surface area contributed by atoms with E-state index >= 15 is 0 Å². The van der Waals surface area contributed by atoms with Gasteiger partial charge in [-0.2, -0.15) is 18.3 Å². The number of furan rings is 1. The van der Waals surface area contributed by atoms with Gasteiger partial charge in [0.1, 0.15) is 18.1 Å². The van der Waals surface area contributed by atoms with Gasteiger partial charge in [0.25, 0.3) is 0 Å². The Hall–Kier alpha value is -2.81. The molecule has 0 aliphatic rings. The predicted molar refractivity (Wildman–Crippen MR) is 91.4 cm³/mol. The summed E-state index contributed by atoms with van der Waals surface area (Å²) in [6, 6.07) is 7.39. The van der Waals surface area contributed by atoms with Crippen LogP contribution in [0.5, 0.6) is 5.75 Å². The highest BCUT2D eigenvalue weighted by Crippen LogP contribution is 2.31. The van der Waals surface area contributed by atoms with Gasteiger partial charge in [-0.15, -0.1) is 0 Å². The average molecular weight is 384 g/mol. The number of nitrogens with one attached hydrogen (secondary N) is 1. The summed E-state index contributed by atoms with van der Waals surface area (Å²) in [4.78, 5) is 11.9. The molecule has 2 N–H and O–H groups in total. The minimum atomic E-state index is -4.45. The number of hydrazone groups is 1. The van der Waals surface area contributed by atoms with E-state index in [2.05, 4.69) is 10.5 Å². The van der Waals surface area contributed by atoms with Crippen LogP contribution in [0.2, 0.25) is 0 Å². The van der Waals surface area contributed by atoms with Crippen molar-refractivity contribution in [3.8, 4) is 5.75 Å². The van der Waals surface area contributed by atoms with Crippen LogP contribution < -0.4 is 10.2 Å². The maximum absolute atomic E-state index is 12.7. The molecule has 1 heterocycles. The second-order valence-corrected chi connectivity index (χ2v) is 5.70. The Labute approximate surface area is 153 Å². The Morgan fingerprint density at radius 3 is 2.78 bits per heavy atom. The number of halogens is 3. The monoisotopic (exact) mass is 384 g/mol. The molecule has 0 fully saturated rings. The van der Waals surface area contributed by atoms with E-state index in [1.165, 1.54) is 24.3 Å².